The van der Waals surface area contributed by atoms with Gasteiger partial charge in [-0.05, 0) is 48.4 Å². The summed E-state index contributed by atoms with van der Waals surface area (Å²) in [6, 6.07) is 12.3. The molecule has 0 unspecified atom stereocenters. The summed E-state index contributed by atoms with van der Waals surface area (Å²) in [5.41, 5.74) is 2.88. The van der Waals surface area contributed by atoms with Gasteiger partial charge in [-0.3, -0.25) is 19.2 Å². The lowest BCUT2D eigenvalue weighted by molar-refractivity contribution is -0.123. The number of aromatic nitrogens is 2. The van der Waals surface area contributed by atoms with E-state index in [2.05, 4.69) is 33.5 Å². The molecule has 0 spiro atoms. The van der Waals surface area contributed by atoms with Gasteiger partial charge in [0.25, 0.3) is 5.91 Å². The van der Waals surface area contributed by atoms with Crippen molar-refractivity contribution >= 4 is 22.6 Å². The second kappa shape index (κ2) is 8.89. The monoisotopic (exact) mass is 419 g/mol. The van der Waals surface area contributed by atoms with E-state index >= 15 is 0 Å². The fourth-order valence-corrected chi connectivity index (χ4v) is 3.99. The van der Waals surface area contributed by atoms with Crippen LogP contribution in [0.1, 0.15) is 24.2 Å². The topological polar surface area (TPSA) is 70.5 Å². The first-order valence-corrected chi connectivity index (χ1v) is 10.7. The Hall–Kier alpha value is -3.19. The first kappa shape index (κ1) is 21.1. The summed E-state index contributed by atoms with van der Waals surface area (Å²) < 4.78 is 1.79. The molecule has 0 radical (unpaired) electrons. The highest BCUT2D eigenvalue weighted by Crippen LogP contribution is 2.25. The highest BCUT2D eigenvalue weighted by molar-refractivity contribution is 5.99. The Morgan fingerprint density at radius 3 is 2.39 bits per heavy atom. The summed E-state index contributed by atoms with van der Waals surface area (Å²) in [6.07, 6.45) is 3.84. The largest absolute Gasteiger partial charge is 0.353 e. The minimum atomic E-state index is 0.0370. The van der Waals surface area contributed by atoms with E-state index in [-0.39, 0.29) is 17.9 Å². The molecular formula is C24H29N5O2. The molecule has 0 saturated carbocycles. The number of carbonyl (C=O) groups is 2. The quantitative estimate of drug-likeness (QED) is 0.690. The fourth-order valence-electron chi connectivity index (χ4n) is 3.99. The third kappa shape index (κ3) is 4.94. The standard InChI is InChI=1S/C24H29N5O2/c1-17(2)26-23(30)16-28-8-10-29(11-9-28)24(31)21-7-6-18-12-20(5-4-19(18)13-21)22-14-25-27(3)15-22/h4-7,12-15,17H,8-11,16H2,1-3H3,(H,26,30). The number of amides is 2. The smallest absolute Gasteiger partial charge is 0.253 e. The van der Waals surface area contributed by atoms with Crippen molar-refractivity contribution in [2.24, 2.45) is 7.05 Å². The van der Waals surface area contributed by atoms with Gasteiger partial charge in [0.2, 0.25) is 5.91 Å². The van der Waals surface area contributed by atoms with Crippen molar-refractivity contribution in [1.82, 2.24) is 24.9 Å². The fraction of sp³-hybridized carbons (Fsp3) is 0.375. The normalized spacial score (nSPS) is 14.9. The van der Waals surface area contributed by atoms with Crippen molar-refractivity contribution in [3.05, 3.63) is 54.4 Å². The molecule has 2 heterocycles. The number of fused-ring (bicyclic) bond motifs is 1. The average Bonchev–Trinajstić information content (AvgIpc) is 3.19. The predicted octanol–water partition coefficient (Wildman–Crippen LogP) is 2.52. The van der Waals surface area contributed by atoms with Gasteiger partial charge in [0.05, 0.1) is 12.7 Å². The van der Waals surface area contributed by atoms with Crippen LogP contribution in [0.2, 0.25) is 0 Å². The number of nitrogens with one attached hydrogen (secondary N) is 1. The molecule has 7 nitrogen and oxygen atoms in total. The van der Waals surface area contributed by atoms with Crippen LogP contribution in [0.15, 0.2) is 48.8 Å². The van der Waals surface area contributed by atoms with E-state index in [4.69, 9.17) is 0 Å². The summed E-state index contributed by atoms with van der Waals surface area (Å²) in [6.45, 7) is 6.97. The third-order valence-electron chi connectivity index (χ3n) is 5.60. The molecular weight excluding hydrogens is 390 g/mol. The van der Waals surface area contributed by atoms with Crippen LogP contribution in [0, 0.1) is 0 Å². The van der Waals surface area contributed by atoms with Gasteiger partial charge in [-0.15, -0.1) is 0 Å². The van der Waals surface area contributed by atoms with Gasteiger partial charge in [-0.1, -0.05) is 18.2 Å². The number of benzene rings is 2. The van der Waals surface area contributed by atoms with Gasteiger partial charge in [0.15, 0.2) is 0 Å². The Morgan fingerprint density at radius 1 is 1.00 bits per heavy atom. The van der Waals surface area contributed by atoms with Crippen LogP contribution in [0.5, 0.6) is 0 Å². The van der Waals surface area contributed by atoms with E-state index < -0.39 is 0 Å². The highest BCUT2D eigenvalue weighted by atomic mass is 16.2. The molecule has 2 amide bonds. The van der Waals surface area contributed by atoms with Gasteiger partial charge in [0.1, 0.15) is 0 Å². The molecule has 4 rings (SSSR count). The number of carbonyl (C=O) groups excluding carboxylic acids is 2. The van der Waals surface area contributed by atoms with E-state index in [1.54, 1.807) is 4.68 Å². The van der Waals surface area contributed by atoms with E-state index in [9.17, 15) is 9.59 Å². The molecule has 1 aromatic heterocycles. The van der Waals surface area contributed by atoms with Crippen molar-refractivity contribution < 1.29 is 9.59 Å². The molecule has 1 N–H and O–H groups in total. The van der Waals surface area contributed by atoms with Crippen molar-refractivity contribution in [3.63, 3.8) is 0 Å². The second-order valence-electron chi connectivity index (χ2n) is 8.47. The van der Waals surface area contributed by atoms with Crippen molar-refractivity contribution in [2.45, 2.75) is 19.9 Å². The SMILES string of the molecule is CC(C)NC(=O)CN1CCN(C(=O)c2ccc3cc(-c4cnn(C)c4)ccc3c2)CC1. The number of rotatable bonds is 5. The molecule has 31 heavy (non-hydrogen) atoms. The van der Waals surface area contributed by atoms with Gasteiger partial charge >= 0.3 is 0 Å². The number of hydrogen-bond donors (Lipinski definition) is 1. The zero-order chi connectivity index (χ0) is 22.0. The number of piperazine rings is 1. The lowest BCUT2D eigenvalue weighted by atomic mass is 10.0. The van der Waals surface area contributed by atoms with Crippen LogP contribution in [0.4, 0.5) is 0 Å². The Labute approximate surface area is 182 Å². The Balaban J connectivity index is 1.41. The Kier molecular flexibility index (Phi) is 6.04. The summed E-state index contributed by atoms with van der Waals surface area (Å²) in [4.78, 5) is 29.0. The lowest BCUT2D eigenvalue weighted by Gasteiger charge is -2.34. The first-order chi connectivity index (χ1) is 14.9. The minimum absolute atomic E-state index is 0.0370. The molecule has 0 atom stereocenters. The average molecular weight is 420 g/mol. The third-order valence-corrected chi connectivity index (χ3v) is 5.60. The van der Waals surface area contributed by atoms with Crippen LogP contribution in [-0.4, -0.2) is 70.2 Å². The minimum Gasteiger partial charge on any atom is -0.353 e. The Morgan fingerprint density at radius 2 is 1.71 bits per heavy atom. The van der Waals surface area contributed by atoms with Gasteiger partial charge in [-0.25, -0.2) is 0 Å². The van der Waals surface area contributed by atoms with E-state index in [0.29, 0.717) is 38.3 Å². The highest BCUT2D eigenvalue weighted by Gasteiger charge is 2.23. The Bertz CT molecular complexity index is 1100. The van der Waals surface area contributed by atoms with Crippen molar-refractivity contribution in [3.8, 4) is 11.1 Å². The number of nitrogens with zero attached hydrogens (tertiary/aromatic N) is 4. The molecule has 7 heteroatoms. The second-order valence-corrected chi connectivity index (χ2v) is 8.47. The maximum Gasteiger partial charge on any atom is 0.253 e. The molecule has 1 fully saturated rings. The van der Waals surface area contributed by atoms with Crippen LogP contribution >= 0.6 is 0 Å². The zero-order valence-corrected chi connectivity index (χ0v) is 18.3. The summed E-state index contributed by atoms with van der Waals surface area (Å²) >= 11 is 0. The van der Waals surface area contributed by atoms with Crippen LogP contribution in [0.3, 0.4) is 0 Å². The van der Waals surface area contributed by atoms with Crippen molar-refractivity contribution in [2.75, 3.05) is 32.7 Å². The molecule has 1 aliphatic heterocycles. The van der Waals surface area contributed by atoms with Crippen LogP contribution in [0.25, 0.3) is 21.9 Å². The molecule has 1 aliphatic rings. The van der Waals surface area contributed by atoms with Crippen LogP contribution in [-0.2, 0) is 11.8 Å². The van der Waals surface area contributed by atoms with E-state index in [1.165, 1.54) is 0 Å². The number of hydrogen-bond acceptors (Lipinski definition) is 4. The van der Waals surface area contributed by atoms with Gasteiger partial charge < -0.3 is 10.2 Å². The molecule has 162 valence electrons. The van der Waals surface area contributed by atoms with Gasteiger partial charge in [-0.2, -0.15) is 5.10 Å². The van der Waals surface area contributed by atoms with E-state index in [1.807, 2.05) is 56.4 Å². The molecule has 3 aromatic rings. The molecule has 2 aromatic carbocycles. The summed E-state index contributed by atoms with van der Waals surface area (Å²) in [5, 5.41) is 9.29. The summed E-state index contributed by atoms with van der Waals surface area (Å²) in [5.74, 6) is 0.0828. The predicted molar refractivity (Wildman–Crippen MR) is 122 cm³/mol. The maximum atomic E-state index is 13.0. The summed E-state index contributed by atoms with van der Waals surface area (Å²) in [7, 11) is 1.91. The number of aryl methyl sites for hydroxylation is 1. The first-order valence-electron chi connectivity index (χ1n) is 10.7. The molecule has 1 saturated heterocycles. The van der Waals surface area contributed by atoms with E-state index in [0.717, 1.165) is 21.9 Å². The lowest BCUT2D eigenvalue weighted by Crippen LogP contribution is -2.51. The van der Waals surface area contributed by atoms with Gasteiger partial charge in [0, 0.05) is 56.6 Å². The molecule has 0 bridgehead atoms. The zero-order valence-electron chi connectivity index (χ0n) is 18.3. The molecule has 0 aliphatic carbocycles. The maximum absolute atomic E-state index is 13.0. The van der Waals surface area contributed by atoms with Crippen molar-refractivity contribution in [1.29, 1.82) is 0 Å². The van der Waals surface area contributed by atoms with Crippen LogP contribution < -0.4 is 5.32 Å².